The monoisotopic (exact) mass is 504 g/mol. The van der Waals surface area contributed by atoms with E-state index in [9.17, 15) is 27.9 Å². The van der Waals surface area contributed by atoms with Gasteiger partial charge in [0.1, 0.15) is 5.75 Å². The van der Waals surface area contributed by atoms with Gasteiger partial charge in [-0.3, -0.25) is 9.59 Å². The number of aryl methyl sites for hydroxylation is 1. The molecule has 0 fully saturated rings. The highest BCUT2D eigenvalue weighted by atomic mass is 19.4. The molecule has 1 aliphatic carbocycles. The molecule has 0 radical (unpaired) electrons. The Morgan fingerprint density at radius 1 is 1.19 bits per heavy atom. The zero-order chi connectivity index (χ0) is 26.0. The number of carboxylic acids is 1. The lowest BCUT2D eigenvalue weighted by molar-refractivity contribution is -0.142. The summed E-state index contributed by atoms with van der Waals surface area (Å²) in [7, 11) is 0. The fourth-order valence-corrected chi connectivity index (χ4v) is 4.92. The largest absolute Gasteiger partial charge is 0.493 e. The molecule has 1 amide bonds. The number of benzene rings is 2. The predicted molar refractivity (Wildman–Crippen MR) is 125 cm³/mol. The van der Waals surface area contributed by atoms with E-state index in [-0.39, 0.29) is 41.9 Å². The van der Waals surface area contributed by atoms with Crippen molar-refractivity contribution in [1.29, 1.82) is 0 Å². The molecule has 1 aliphatic rings. The zero-order valence-electron chi connectivity index (χ0n) is 19.9. The molecule has 0 saturated carbocycles. The van der Waals surface area contributed by atoms with E-state index < -0.39 is 23.8 Å². The molecule has 0 aliphatic heterocycles. The molecule has 4 rings (SSSR count). The molecule has 1 aromatic heterocycles. The van der Waals surface area contributed by atoms with Gasteiger partial charge in [0.25, 0.3) is 0 Å². The van der Waals surface area contributed by atoms with Crippen molar-refractivity contribution < 1.29 is 37.1 Å². The van der Waals surface area contributed by atoms with Gasteiger partial charge in [0, 0.05) is 23.9 Å². The Morgan fingerprint density at radius 3 is 2.58 bits per heavy atom. The number of halogens is 3. The average Bonchev–Trinajstić information content (AvgIpc) is 3.23. The second kappa shape index (κ2) is 10.2. The maximum Gasteiger partial charge on any atom is 0.437 e. The van der Waals surface area contributed by atoms with Crippen LogP contribution in [0.2, 0.25) is 0 Å². The zero-order valence-corrected chi connectivity index (χ0v) is 19.9. The minimum atomic E-state index is -4.62. The fourth-order valence-electron chi connectivity index (χ4n) is 4.92. The summed E-state index contributed by atoms with van der Waals surface area (Å²) in [5.74, 6) is -1.69. The maximum absolute atomic E-state index is 13.2. The molecule has 36 heavy (non-hydrogen) atoms. The van der Waals surface area contributed by atoms with Crippen LogP contribution < -0.4 is 10.1 Å². The quantitative estimate of drug-likeness (QED) is 0.357. The first-order chi connectivity index (χ1) is 17.1. The van der Waals surface area contributed by atoms with Crippen LogP contribution >= 0.6 is 0 Å². The van der Waals surface area contributed by atoms with Gasteiger partial charge in [-0.25, -0.2) is 0 Å². The number of nitrogens with one attached hydrogen (secondary N) is 1. The number of alkyl halides is 3. The topological polar surface area (TPSA) is 102 Å². The summed E-state index contributed by atoms with van der Waals surface area (Å²) in [5, 5.41) is 15.6. The molecular weight excluding hydrogens is 477 g/mol. The number of carboxylic acid groups (broad SMARTS) is 1. The van der Waals surface area contributed by atoms with Crippen molar-refractivity contribution in [3.63, 3.8) is 0 Å². The summed E-state index contributed by atoms with van der Waals surface area (Å²) in [4.78, 5) is 24.2. The first-order valence-electron chi connectivity index (χ1n) is 11.9. The maximum atomic E-state index is 13.2. The smallest absolute Gasteiger partial charge is 0.437 e. The van der Waals surface area contributed by atoms with Crippen molar-refractivity contribution in [2.24, 2.45) is 0 Å². The second-order valence-electron chi connectivity index (χ2n) is 8.98. The molecule has 2 aromatic carbocycles. The highest BCUT2D eigenvalue weighted by molar-refractivity contribution is 5.85. The van der Waals surface area contributed by atoms with Crippen LogP contribution in [0.3, 0.4) is 0 Å². The summed E-state index contributed by atoms with van der Waals surface area (Å²) in [6, 6.07) is 9.73. The van der Waals surface area contributed by atoms with Crippen LogP contribution in [0.4, 0.5) is 13.2 Å². The first kappa shape index (κ1) is 25.5. The Morgan fingerprint density at radius 2 is 1.92 bits per heavy atom. The summed E-state index contributed by atoms with van der Waals surface area (Å²) < 4.78 is 50.3. The Hall–Kier alpha value is -3.56. The molecule has 3 unspecified atom stereocenters. The van der Waals surface area contributed by atoms with E-state index in [4.69, 9.17) is 9.26 Å². The van der Waals surface area contributed by atoms with Crippen LogP contribution in [0.15, 0.2) is 40.9 Å². The van der Waals surface area contributed by atoms with Crippen LogP contribution in [0.1, 0.15) is 67.3 Å². The molecule has 0 saturated heterocycles. The van der Waals surface area contributed by atoms with Crippen molar-refractivity contribution >= 4 is 22.8 Å². The highest BCUT2D eigenvalue weighted by Crippen LogP contribution is 2.48. The molecule has 192 valence electrons. The van der Waals surface area contributed by atoms with Gasteiger partial charge in [-0.2, -0.15) is 13.2 Å². The predicted octanol–water partition coefficient (Wildman–Crippen LogP) is 5.43. The summed E-state index contributed by atoms with van der Waals surface area (Å²) >= 11 is 0. The van der Waals surface area contributed by atoms with Crippen LogP contribution in [-0.4, -0.2) is 34.8 Å². The minimum Gasteiger partial charge on any atom is -0.493 e. The van der Waals surface area contributed by atoms with Gasteiger partial charge < -0.3 is 19.7 Å². The number of rotatable bonds is 10. The van der Waals surface area contributed by atoms with Crippen LogP contribution in [0.5, 0.6) is 5.75 Å². The molecule has 3 atom stereocenters. The van der Waals surface area contributed by atoms with Crippen LogP contribution in [0, 0.1) is 0 Å². The number of fused-ring (bicyclic) bond motifs is 2. The SMILES string of the molecule is CCCc1c(OCCCC(=O)NC(C)C2c3ccccc3C2C(=O)O)ccc2c(C(F)(F)F)noc12. The lowest BCUT2D eigenvalue weighted by atomic mass is 9.65. The minimum absolute atomic E-state index is 0.0574. The lowest BCUT2D eigenvalue weighted by Gasteiger charge is -2.40. The van der Waals surface area contributed by atoms with Gasteiger partial charge in [-0.05, 0) is 43.0 Å². The summed E-state index contributed by atoms with van der Waals surface area (Å²) in [6.07, 6.45) is -2.98. The number of aliphatic carboxylic acids is 1. The van der Waals surface area contributed by atoms with E-state index >= 15 is 0 Å². The summed E-state index contributed by atoms with van der Waals surface area (Å²) in [5.41, 5.74) is 1.22. The molecule has 1 heterocycles. The van der Waals surface area contributed by atoms with Gasteiger partial charge in [-0.1, -0.05) is 42.8 Å². The number of hydrogen-bond donors (Lipinski definition) is 2. The van der Waals surface area contributed by atoms with E-state index in [0.717, 1.165) is 11.1 Å². The van der Waals surface area contributed by atoms with Gasteiger partial charge in [-0.15, -0.1) is 0 Å². The molecule has 2 N–H and O–H groups in total. The van der Waals surface area contributed by atoms with Crippen molar-refractivity contribution in [1.82, 2.24) is 10.5 Å². The molecule has 3 aromatic rings. The number of aromatic nitrogens is 1. The van der Waals surface area contributed by atoms with Crippen LogP contribution in [-0.2, 0) is 22.2 Å². The number of carbonyl (C=O) groups is 2. The third-order valence-electron chi connectivity index (χ3n) is 6.52. The molecule has 0 bridgehead atoms. The van der Waals surface area contributed by atoms with E-state index in [1.54, 1.807) is 19.1 Å². The van der Waals surface area contributed by atoms with Gasteiger partial charge >= 0.3 is 12.1 Å². The van der Waals surface area contributed by atoms with E-state index in [0.29, 0.717) is 30.6 Å². The molecule has 7 nitrogen and oxygen atoms in total. The first-order valence-corrected chi connectivity index (χ1v) is 11.9. The van der Waals surface area contributed by atoms with Gasteiger partial charge in [0.15, 0.2) is 11.3 Å². The van der Waals surface area contributed by atoms with Gasteiger partial charge in [0.2, 0.25) is 5.91 Å². The van der Waals surface area contributed by atoms with E-state index in [2.05, 4.69) is 10.5 Å². The fraction of sp³-hybridized carbons (Fsp3) is 0.423. The molecule has 0 spiro atoms. The van der Waals surface area contributed by atoms with Gasteiger partial charge in [0.05, 0.1) is 17.9 Å². The van der Waals surface area contributed by atoms with Crippen molar-refractivity contribution in [2.75, 3.05) is 6.61 Å². The third kappa shape index (κ3) is 4.89. The number of amides is 1. The van der Waals surface area contributed by atoms with Crippen molar-refractivity contribution in [2.45, 2.75) is 63.6 Å². The third-order valence-corrected chi connectivity index (χ3v) is 6.52. The highest BCUT2D eigenvalue weighted by Gasteiger charge is 2.45. The average molecular weight is 505 g/mol. The van der Waals surface area contributed by atoms with E-state index in [1.165, 1.54) is 12.1 Å². The number of ether oxygens (including phenoxy) is 1. The number of nitrogens with zero attached hydrogens (tertiary/aromatic N) is 1. The Bertz CT molecular complexity index is 1270. The number of hydrogen-bond acceptors (Lipinski definition) is 5. The second-order valence-corrected chi connectivity index (χ2v) is 8.98. The lowest BCUT2D eigenvalue weighted by Crippen LogP contribution is -2.45. The van der Waals surface area contributed by atoms with Crippen LogP contribution in [0.25, 0.3) is 11.0 Å². The van der Waals surface area contributed by atoms with E-state index in [1.807, 2.05) is 19.1 Å². The standard InChI is InChI=1S/C26H27F3N2O5/c1-3-7-17-19(12-11-18-23(17)36-31-24(18)26(27,28)29)35-13-6-10-20(32)30-14(2)21-15-8-4-5-9-16(15)22(21)25(33)34/h4-5,8-9,11-12,14,21-22H,3,6-7,10,13H2,1-2H3,(H,30,32)(H,33,34). The molecular formula is C26H27F3N2O5. The summed E-state index contributed by atoms with van der Waals surface area (Å²) in [6.45, 7) is 3.86. The Balaban J connectivity index is 1.34. The Labute approximate surface area is 205 Å². The number of carbonyl (C=O) groups excluding carboxylic acids is 1. The van der Waals surface area contributed by atoms with Crippen molar-refractivity contribution in [3.05, 3.63) is 58.8 Å². The molecule has 10 heteroatoms. The van der Waals surface area contributed by atoms with Crippen molar-refractivity contribution in [3.8, 4) is 5.75 Å². The normalized spacial score (nSPS) is 17.8. The Kier molecular flexibility index (Phi) is 7.23.